The normalized spacial score (nSPS) is 10.6. The van der Waals surface area contributed by atoms with Crippen LogP contribution in [0.3, 0.4) is 0 Å². The molecular formula is C7H3Br2F2NO2. The summed E-state index contributed by atoms with van der Waals surface area (Å²) in [5.74, 6) is -1.35. The molecule has 1 heterocycles. The molecular weight excluding hydrogens is 328 g/mol. The lowest BCUT2D eigenvalue weighted by atomic mass is 10.3. The van der Waals surface area contributed by atoms with Crippen LogP contribution in [0.2, 0.25) is 0 Å². The lowest BCUT2D eigenvalue weighted by molar-refractivity contribution is 0.0688. The molecule has 0 fully saturated rings. The van der Waals surface area contributed by atoms with Gasteiger partial charge in [-0.15, -0.1) is 0 Å². The molecule has 0 amide bonds. The van der Waals surface area contributed by atoms with Gasteiger partial charge in [0.2, 0.25) is 0 Å². The maximum Gasteiger partial charge on any atom is 0.354 e. The second-order valence-electron chi connectivity index (χ2n) is 2.29. The average Bonchev–Trinajstić information content (AvgIpc) is 2.08. The molecule has 1 aromatic rings. The molecule has 1 rings (SSSR count). The second-order valence-corrected chi connectivity index (χ2v) is 3.94. The number of hydrogen-bond donors (Lipinski definition) is 1. The van der Waals surface area contributed by atoms with E-state index >= 15 is 0 Å². The monoisotopic (exact) mass is 329 g/mol. The van der Waals surface area contributed by atoms with Crippen LogP contribution in [-0.2, 0) is 0 Å². The second kappa shape index (κ2) is 4.31. The van der Waals surface area contributed by atoms with Crippen LogP contribution in [0.1, 0.15) is 22.6 Å². The molecule has 0 unspecified atom stereocenters. The van der Waals surface area contributed by atoms with Gasteiger partial charge in [0.05, 0.1) is 4.47 Å². The van der Waals surface area contributed by atoms with Gasteiger partial charge in [0.25, 0.3) is 6.43 Å². The molecule has 0 aliphatic rings. The SMILES string of the molecule is O=C(O)c1cc(Br)c(Br)c(C(F)F)n1. The number of rotatable bonds is 2. The highest BCUT2D eigenvalue weighted by molar-refractivity contribution is 9.13. The first-order chi connectivity index (χ1) is 6.43. The Bertz CT molecular complexity index is 384. The van der Waals surface area contributed by atoms with Crippen LogP contribution in [-0.4, -0.2) is 16.1 Å². The Kier molecular flexibility index (Phi) is 3.54. The third kappa shape index (κ3) is 2.27. The van der Waals surface area contributed by atoms with Crippen LogP contribution in [0.25, 0.3) is 0 Å². The maximum atomic E-state index is 12.3. The van der Waals surface area contributed by atoms with Crippen molar-refractivity contribution in [2.75, 3.05) is 0 Å². The third-order valence-corrected chi connectivity index (χ3v) is 3.36. The molecule has 0 spiro atoms. The number of halogens is 4. The Morgan fingerprint density at radius 1 is 1.50 bits per heavy atom. The fourth-order valence-electron chi connectivity index (χ4n) is 0.771. The molecule has 0 aliphatic carbocycles. The zero-order valence-corrected chi connectivity index (χ0v) is 9.64. The van der Waals surface area contributed by atoms with Gasteiger partial charge in [-0.2, -0.15) is 0 Å². The summed E-state index contributed by atoms with van der Waals surface area (Å²) in [7, 11) is 0. The van der Waals surface area contributed by atoms with Crippen LogP contribution in [0, 0.1) is 0 Å². The van der Waals surface area contributed by atoms with Crippen LogP contribution in [0.4, 0.5) is 8.78 Å². The maximum absolute atomic E-state index is 12.3. The van der Waals surface area contributed by atoms with E-state index in [-0.39, 0.29) is 8.95 Å². The van der Waals surface area contributed by atoms with E-state index in [0.29, 0.717) is 0 Å². The molecule has 0 atom stereocenters. The molecule has 0 aliphatic heterocycles. The van der Waals surface area contributed by atoms with Crippen molar-refractivity contribution in [1.82, 2.24) is 4.98 Å². The van der Waals surface area contributed by atoms with E-state index in [1.807, 2.05) is 0 Å². The molecule has 0 bridgehead atoms. The zero-order chi connectivity index (χ0) is 10.9. The number of aromatic carboxylic acids is 1. The molecule has 7 heteroatoms. The van der Waals surface area contributed by atoms with Gasteiger partial charge in [-0.1, -0.05) is 0 Å². The number of carboxylic acids is 1. The quantitative estimate of drug-likeness (QED) is 0.905. The molecule has 0 radical (unpaired) electrons. The van der Waals surface area contributed by atoms with Gasteiger partial charge >= 0.3 is 5.97 Å². The van der Waals surface area contributed by atoms with E-state index in [1.165, 1.54) is 0 Å². The first-order valence-corrected chi connectivity index (χ1v) is 4.89. The third-order valence-electron chi connectivity index (χ3n) is 1.36. The fourth-order valence-corrected chi connectivity index (χ4v) is 1.57. The lowest BCUT2D eigenvalue weighted by Crippen LogP contribution is -2.04. The number of aromatic nitrogens is 1. The largest absolute Gasteiger partial charge is 0.477 e. The first kappa shape index (κ1) is 11.5. The van der Waals surface area contributed by atoms with Crippen LogP contribution >= 0.6 is 31.9 Å². The van der Waals surface area contributed by atoms with Gasteiger partial charge in [0, 0.05) is 4.47 Å². The molecule has 76 valence electrons. The van der Waals surface area contributed by atoms with Crippen molar-refractivity contribution >= 4 is 37.8 Å². The number of pyridine rings is 1. The van der Waals surface area contributed by atoms with E-state index < -0.39 is 23.8 Å². The minimum atomic E-state index is -2.82. The van der Waals surface area contributed by atoms with Crippen LogP contribution in [0.15, 0.2) is 15.0 Å². The van der Waals surface area contributed by atoms with Crippen molar-refractivity contribution in [1.29, 1.82) is 0 Å². The first-order valence-electron chi connectivity index (χ1n) is 3.31. The Hall–Kier alpha value is -0.560. The van der Waals surface area contributed by atoms with Gasteiger partial charge in [-0.25, -0.2) is 18.6 Å². The van der Waals surface area contributed by atoms with Gasteiger partial charge in [-0.05, 0) is 37.9 Å². The Morgan fingerprint density at radius 3 is 2.50 bits per heavy atom. The number of carbonyl (C=O) groups is 1. The van der Waals surface area contributed by atoms with Gasteiger partial charge in [0.1, 0.15) is 11.4 Å². The predicted octanol–water partition coefficient (Wildman–Crippen LogP) is 3.24. The molecule has 0 aromatic carbocycles. The van der Waals surface area contributed by atoms with Crippen molar-refractivity contribution in [3.05, 3.63) is 26.4 Å². The molecule has 14 heavy (non-hydrogen) atoms. The summed E-state index contributed by atoms with van der Waals surface area (Å²) >= 11 is 5.83. The summed E-state index contributed by atoms with van der Waals surface area (Å²) < 4.78 is 25.0. The fraction of sp³-hybridized carbons (Fsp3) is 0.143. The van der Waals surface area contributed by atoms with Gasteiger partial charge in [0.15, 0.2) is 0 Å². The number of alkyl halides is 2. The predicted molar refractivity (Wildman–Crippen MR) is 51.6 cm³/mol. The number of nitrogens with zero attached hydrogens (tertiary/aromatic N) is 1. The van der Waals surface area contributed by atoms with Crippen molar-refractivity contribution in [2.24, 2.45) is 0 Å². The van der Waals surface area contributed by atoms with Gasteiger partial charge in [-0.3, -0.25) is 0 Å². The highest BCUT2D eigenvalue weighted by atomic mass is 79.9. The Balaban J connectivity index is 3.35. The number of carboxylic acid groups (broad SMARTS) is 1. The van der Waals surface area contributed by atoms with E-state index in [1.54, 1.807) is 0 Å². The Labute approximate surface area is 94.4 Å². The highest BCUT2D eigenvalue weighted by Crippen LogP contribution is 2.32. The minimum absolute atomic E-state index is 0.0671. The van der Waals surface area contributed by atoms with Crippen molar-refractivity contribution in [3.8, 4) is 0 Å². The van der Waals surface area contributed by atoms with E-state index in [2.05, 4.69) is 36.8 Å². The Morgan fingerprint density at radius 2 is 2.07 bits per heavy atom. The summed E-state index contributed by atoms with van der Waals surface area (Å²) in [5.41, 5.74) is -1.01. The molecule has 3 nitrogen and oxygen atoms in total. The smallest absolute Gasteiger partial charge is 0.354 e. The number of hydrogen-bond acceptors (Lipinski definition) is 2. The summed E-state index contributed by atoms with van der Waals surface area (Å²) in [6.07, 6.45) is -2.82. The minimum Gasteiger partial charge on any atom is -0.477 e. The standard InChI is InChI=1S/C7H3Br2F2NO2/c8-2-1-3(7(13)14)12-5(4(2)9)6(10)11/h1,6H,(H,13,14). The summed E-state index contributed by atoms with van der Waals surface area (Å²) in [6.45, 7) is 0. The molecule has 0 saturated heterocycles. The summed E-state index contributed by atoms with van der Waals surface area (Å²) in [5, 5.41) is 8.56. The zero-order valence-electron chi connectivity index (χ0n) is 6.47. The summed E-state index contributed by atoms with van der Waals surface area (Å²) in [4.78, 5) is 13.8. The van der Waals surface area contributed by atoms with Crippen molar-refractivity contribution in [3.63, 3.8) is 0 Å². The average molecular weight is 331 g/mol. The van der Waals surface area contributed by atoms with Gasteiger partial charge < -0.3 is 5.11 Å². The molecule has 0 saturated carbocycles. The molecule has 1 N–H and O–H groups in total. The van der Waals surface area contributed by atoms with E-state index in [0.717, 1.165) is 6.07 Å². The summed E-state index contributed by atoms with van der Waals surface area (Å²) in [6, 6.07) is 1.15. The van der Waals surface area contributed by atoms with E-state index in [9.17, 15) is 13.6 Å². The lowest BCUT2D eigenvalue weighted by Gasteiger charge is -2.05. The van der Waals surface area contributed by atoms with Crippen LogP contribution in [0.5, 0.6) is 0 Å². The van der Waals surface area contributed by atoms with Crippen molar-refractivity contribution in [2.45, 2.75) is 6.43 Å². The van der Waals surface area contributed by atoms with Crippen LogP contribution < -0.4 is 0 Å². The van der Waals surface area contributed by atoms with Crippen molar-refractivity contribution < 1.29 is 18.7 Å². The highest BCUT2D eigenvalue weighted by Gasteiger charge is 2.19. The van der Waals surface area contributed by atoms with E-state index in [4.69, 9.17) is 5.11 Å². The topological polar surface area (TPSA) is 50.2 Å². The molecule has 1 aromatic heterocycles.